The second kappa shape index (κ2) is 7.87. The Balaban J connectivity index is 1.61. The Morgan fingerprint density at radius 3 is 2.55 bits per heavy atom. The van der Waals surface area contributed by atoms with E-state index < -0.39 is 10.5 Å². The summed E-state index contributed by atoms with van der Waals surface area (Å²) in [5.74, 6) is 0.475. The zero-order chi connectivity index (χ0) is 20.4. The van der Waals surface area contributed by atoms with E-state index in [2.05, 4.69) is 4.98 Å². The first-order chi connectivity index (χ1) is 14.0. The van der Waals surface area contributed by atoms with Crippen molar-refractivity contribution in [3.8, 4) is 0 Å². The minimum Gasteiger partial charge on any atom is -0.507 e. The molecule has 3 aromatic rings. The molecule has 0 aliphatic heterocycles. The van der Waals surface area contributed by atoms with Gasteiger partial charge in [-0.3, -0.25) is 10.1 Å². The highest BCUT2D eigenvalue weighted by molar-refractivity contribution is 5.79. The van der Waals surface area contributed by atoms with Gasteiger partial charge in [-0.15, -0.1) is 0 Å². The first-order valence-electron chi connectivity index (χ1n) is 9.61. The molecular formula is C22H20N2O5. The molecule has 1 aromatic heterocycles. The maximum atomic E-state index is 12.2. The Morgan fingerprint density at radius 1 is 1.14 bits per heavy atom. The number of benzene rings is 2. The fraction of sp³-hybridized carbons (Fsp3) is 0.273. The van der Waals surface area contributed by atoms with E-state index in [1.165, 1.54) is 55.9 Å². The van der Waals surface area contributed by atoms with Gasteiger partial charge in [-0.1, -0.05) is 43.5 Å². The highest BCUT2D eigenvalue weighted by Gasteiger charge is 2.16. The van der Waals surface area contributed by atoms with Crippen molar-refractivity contribution >= 4 is 28.6 Å². The molecule has 0 saturated heterocycles. The zero-order valence-corrected chi connectivity index (χ0v) is 15.7. The highest BCUT2D eigenvalue weighted by Crippen LogP contribution is 2.33. The molecule has 148 valence electrons. The number of fused-ring (bicyclic) bond motifs is 1. The van der Waals surface area contributed by atoms with Gasteiger partial charge in [0.1, 0.15) is 11.3 Å². The Labute approximate surface area is 166 Å². The van der Waals surface area contributed by atoms with Crippen LogP contribution in [0, 0.1) is 10.1 Å². The second-order valence-corrected chi connectivity index (χ2v) is 7.28. The predicted molar refractivity (Wildman–Crippen MR) is 110 cm³/mol. The molecule has 7 nitrogen and oxygen atoms in total. The molecule has 1 heterocycles. The average Bonchev–Trinajstić information content (AvgIpc) is 2.74. The van der Waals surface area contributed by atoms with E-state index >= 15 is 0 Å². The van der Waals surface area contributed by atoms with Gasteiger partial charge in [0, 0.05) is 17.7 Å². The molecule has 29 heavy (non-hydrogen) atoms. The summed E-state index contributed by atoms with van der Waals surface area (Å²) in [6.45, 7) is 0. The van der Waals surface area contributed by atoms with Crippen molar-refractivity contribution in [2.75, 3.05) is 0 Å². The van der Waals surface area contributed by atoms with Crippen molar-refractivity contribution in [2.45, 2.75) is 38.0 Å². The smallest absolute Gasteiger partial charge is 0.362 e. The first-order valence-corrected chi connectivity index (χ1v) is 9.61. The van der Waals surface area contributed by atoms with E-state index in [0.717, 1.165) is 6.07 Å². The van der Waals surface area contributed by atoms with Crippen LogP contribution in [0.25, 0.3) is 22.9 Å². The van der Waals surface area contributed by atoms with Gasteiger partial charge >= 0.3 is 5.63 Å². The highest BCUT2D eigenvalue weighted by atomic mass is 16.6. The minimum atomic E-state index is -0.775. The molecule has 7 heteroatoms. The lowest BCUT2D eigenvalue weighted by atomic mass is 9.84. The number of aliphatic hydroxyl groups excluding tert-OH is 1. The summed E-state index contributed by atoms with van der Waals surface area (Å²) in [4.78, 5) is 26.6. The molecule has 0 radical (unpaired) electrons. The van der Waals surface area contributed by atoms with Gasteiger partial charge in [-0.2, -0.15) is 0 Å². The number of nitro benzene ring substituents is 1. The molecule has 0 bridgehead atoms. The maximum absolute atomic E-state index is 12.2. The molecule has 1 aliphatic rings. The predicted octanol–water partition coefficient (Wildman–Crippen LogP) is 5.20. The number of hydrogen-bond acceptors (Lipinski definition) is 6. The number of nitro groups is 1. The van der Waals surface area contributed by atoms with E-state index in [9.17, 15) is 20.0 Å². The summed E-state index contributed by atoms with van der Waals surface area (Å²) < 4.78 is 5.14. The van der Waals surface area contributed by atoms with Crippen LogP contribution in [-0.4, -0.2) is 15.0 Å². The fourth-order valence-corrected chi connectivity index (χ4v) is 3.78. The van der Waals surface area contributed by atoms with E-state index in [1.54, 1.807) is 0 Å². The van der Waals surface area contributed by atoms with Crippen LogP contribution in [0.3, 0.4) is 0 Å². The van der Waals surface area contributed by atoms with E-state index in [-0.39, 0.29) is 22.7 Å². The van der Waals surface area contributed by atoms with Crippen molar-refractivity contribution in [3.05, 3.63) is 79.8 Å². The Kier molecular flexibility index (Phi) is 5.12. The van der Waals surface area contributed by atoms with Crippen LogP contribution in [0.5, 0.6) is 0 Å². The third-order valence-electron chi connectivity index (χ3n) is 5.36. The van der Waals surface area contributed by atoms with Gasteiger partial charge in [0.2, 0.25) is 0 Å². The summed E-state index contributed by atoms with van der Waals surface area (Å²) in [6.07, 6.45) is 7.45. The molecule has 1 N–H and O–H groups in total. The average molecular weight is 392 g/mol. The summed E-state index contributed by atoms with van der Waals surface area (Å²) >= 11 is 0. The van der Waals surface area contributed by atoms with Gasteiger partial charge in [0.15, 0.2) is 11.3 Å². The molecule has 0 atom stereocenters. The Morgan fingerprint density at radius 2 is 1.86 bits per heavy atom. The molecule has 1 fully saturated rings. The van der Waals surface area contributed by atoms with Crippen molar-refractivity contribution < 1.29 is 14.4 Å². The molecule has 1 saturated carbocycles. The summed E-state index contributed by atoms with van der Waals surface area (Å²) in [6, 6.07) is 11.6. The third-order valence-corrected chi connectivity index (χ3v) is 5.36. The monoisotopic (exact) mass is 392 g/mol. The Hall–Kier alpha value is -3.48. The molecular weight excluding hydrogens is 372 g/mol. The van der Waals surface area contributed by atoms with E-state index in [4.69, 9.17) is 4.42 Å². The second-order valence-electron chi connectivity index (χ2n) is 7.28. The molecule has 0 unspecified atom stereocenters. The van der Waals surface area contributed by atoms with Crippen molar-refractivity contribution in [3.63, 3.8) is 0 Å². The number of aromatic nitrogens is 1. The summed E-state index contributed by atoms with van der Waals surface area (Å²) in [5.41, 5.74) is 1.13. The van der Waals surface area contributed by atoms with Crippen LogP contribution >= 0.6 is 0 Å². The van der Waals surface area contributed by atoms with Gasteiger partial charge in [-0.25, -0.2) is 9.78 Å². The van der Waals surface area contributed by atoms with Crippen LogP contribution in [0.2, 0.25) is 0 Å². The number of aliphatic hydroxyl groups is 1. The largest absolute Gasteiger partial charge is 0.507 e. The quantitative estimate of drug-likeness (QED) is 0.371. The number of nitrogens with zero attached hydrogens (tertiary/aromatic N) is 2. The third kappa shape index (κ3) is 4.03. The van der Waals surface area contributed by atoms with Crippen molar-refractivity contribution in [2.24, 2.45) is 0 Å². The van der Waals surface area contributed by atoms with Crippen LogP contribution in [0.4, 0.5) is 5.69 Å². The molecule has 4 rings (SSSR count). The first kappa shape index (κ1) is 18.9. The molecule has 1 aliphatic carbocycles. The number of non-ortho nitro benzene ring substituents is 1. The van der Waals surface area contributed by atoms with Gasteiger partial charge < -0.3 is 9.52 Å². The van der Waals surface area contributed by atoms with Crippen LogP contribution in [0.1, 0.15) is 54.8 Å². The molecule has 0 spiro atoms. The van der Waals surface area contributed by atoms with Crippen molar-refractivity contribution in [1.29, 1.82) is 0 Å². The lowest BCUT2D eigenvalue weighted by Gasteiger charge is -2.22. The van der Waals surface area contributed by atoms with Gasteiger partial charge in [-0.05, 0) is 30.4 Å². The van der Waals surface area contributed by atoms with Gasteiger partial charge in [0.05, 0.1) is 11.0 Å². The minimum absolute atomic E-state index is 0.0256. The normalized spacial score (nSPS) is 15.5. The van der Waals surface area contributed by atoms with E-state index in [0.29, 0.717) is 17.0 Å². The standard InChI is InChI=1S/C22H20N2O5/c25-20(16-8-6-15(7-9-16)14-4-2-1-3-5-14)13-19-22(26)29-21-12-17(24(27)28)10-11-18(21)23-19/h6-14,25H,1-5H2/b20-13-. The van der Waals surface area contributed by atoms with Crippen LogP contribution < -0.4 is 5.63 Å². The number of hydrogen-bond donors (Lipinski definition) is 1. The summed E-state index contributed by atoms with van der Waals surface area (Å²) in [7, 11) is 0. The molecule has 0 amide bonds. The zero-order valence-electron chi connectivity index (χ0n) is 15.7. The Bertz CT molecular complexity index is 1140. The van der Waals surface area contributed by atoms with Gasteiger partial charge in [0.25, 0.3) is 5.69 Å². The lowest BCUT2D eigenvalue weighted by Crippen LogP contribution is -2.07. The van der Waals surface area contributed by atoms with E-state index in [1.807, 2.05) is 24.3 Å². The summed E-state index contributed by atoms with van der Waals surface area (Å²) in [5, 5.41) is 21.3. The van der Waals surface area contributed by atoms with Crippen molar-refractivity contribution in [1.82, 2.24) is 4.98 Å². The lowest BCUT2D eigenvalue weighted by molar-refractivity contribution is -0.384. The van der Waals surface area contributed by atoms with Crippen LogP contribution in [-0.2, 0) is 0 Å². The molecule has 2 aromatic carbocycles. The number of rotatable bonds is 4. The SMILES string of the molecule is O=c1oc2cc([N+](=O)[O-])ccc2nc1/C=C(\O)c1ccc(C2CCCCC2)cc1. The van der Waals surface area contributed by atoms with Crippen LogP contribution in [0.15, 0.2) is 51.7 Å². The fourth-order valence-electron chi connectivity index (χ4n) is 3.78. The topological polar surface area (TPSA) is 106 Å². The maximum Gasteiger partial charge on any atom is 0.362 e.